The number of alkyl carbamates (subject to hydrolysis) is 1. The van der Waals surface area contributed by atoms with Gasteiger partial charge >= 0.3 is 6.09 Å². The molecule has 0 saturated carbocycles. The number of carbonyl (C=O) groups is 2. The van der Waals surface area contributed by atoms with Crippen LogP contribution in [0.2, 0.25) is 0 Å². The zero-order valence-corrected chi connectivity index (χ0v) is 24.4. The van der Waals surface area contributed by atoms with Gasteiger partial charge in [-0.2, -0.15) is 5.01 Å². The molecule has 9 heteroatoms. The molecule has 3 N–H and O–H groups in total. The zero-order valence-electron chi connectivity index (χ0n) is 23.6. The molecule has 0 aromatic carbocycles. The Kier molecular flexibility index (Phi) is 12.2. The van der Waals surface area contributed by atoms with E-state index in [1.807, 2.05) is 64.2 Å². The van der Waals surface area contributed by atoms with Crippen LogP contribution in [0, 0.1) is 0 Å². The van der Waals surface area contributed by atoms with Crippen molar-refractivity contribution < 1.29 is 14.3 Å². The summed E-state index contributed by atoms with van der Waals surface area (Å²) in [6, 6.07) is -0.106. The number of likely N-dealkylation sites (N-methyl/N-ethyl adjacent to an activating group) is 1. The molecule has 0 fully saturated rings. The Morgan fingerprint density at radius 3 is 2.59 bits per heavy atom. The molecule has 37 heavy (non-hydrogen) atoms. The molecule has 2 atom stereocenters. The number of halogens is 1. The molecule has 8 nitrogen and oxygen atoms in total. The van der Waals surface area contributed by atoms with Gasteiger partial charge in [0.05, 0.1) is 0 Å². The molecule has 0 radical (unpaired) electrons. The number of hydrazine groups is 1. The van der Waals surface area contributed by atoms with Crippen LogP contribution in [-0.2, 0) is 9.53 Å². The second-order valence-corrected chi connectivity index (χ2v) is 10.8. The molecule has 2 heterocycles. The van der Waals surface area contributed by atoms with Gasteiger partial charge in [-0.15, -0.1) is 11.6 Å². The van der Waals surface area contributed by atoms with Gasteiger partial charge < -0.3 is 15.4 Å². The van der Waals surface area contributed by atoms with Crippen LogP contribution < -0.4 is 16.0 Å². The average molecular weight is 536 g/mol. The number of ether oxygens (including phenoxy) is 1. The Morgan fingerprint density at radius 2 is 2.00 bits per heavy atom. The molecule has 0 aromatic heterocycles. The minimum absolute atomic E-state index is 0.0843. The van der Waals surface area contributed by atoms with Gasteiger partial charge in [0.1, 0.15) is 17.5 Å². The number of allylic oxidation sites excluding steroid dienone is 5. The van der Waals surface area contributed by atoms with Crippen LogP contribution in [0.15, 0.2) is 47.0 Å². The predicted octanol–water partition coefficient (Wildman–Crippen LogP) is 5.30. The summed E-state index contributed by atoms with van der Waals surface area (Å²) >= 11 is 6.21. The Bertz CT molecular complexity index is 919. The van der Waals surface area contributed by atoms with E-state index < -0.39 is 11.7 Å². The molecular formula is C28H46ClN5O3. The topological polar surface area (TPSA) is 85.9 Å². The average Bonchev–Trinajstić information content (AvgIpc) is 3.08. The highest BCUT2D eigenvalue weighted by Gasteiger charge is 2.41. The number of rotatable bonds is 13. The maximum absolute atomic E-state index is 13.2. The SMILES string of the molecule is C/C=C\C=C(/CCl)CCC1=C2C(=O)NC(CCC)=CN2N(C)C1NC[C@@H](CCC)NC(=O)OC(C)(C)C. The Morgan fingerprint density at radius 1 is 1.27 bits per heavy atom. The first-order valence-corrected chi connectivity index (χ1v) is 13.9. The van der Waals surface area contributed by atoms with Crippen molar-refractivity contribution in [3.05, 3.63) is 47.0 Å². The van der Waals surface area contributed by atoms with Crippen molar-refractivity contribution >= 4 is 23.6 Å². The van der Waals surface area contributed by atoms with E-state index in [2.05, 4.69) is 34.8 Å². The Hall–Kier alpha value is -2.29. The van der Waals surface area contributed by atoms with Crippen LogP contribution in [0.5, 0.6) is 0 Å². The maximum Gasteiger partial charge on any atom is 0.407 e. The lowest BCUT2D eigenvalue weighted by molar-refractivity contribution is -0.120. The molecule has 2 aliphatic heterocycles. The van der Waals surface area contributed by atoms with E-state index in [1.165, 1.54) is 0 Å². The second-order valence-electron chi connectivity index (χ2n) is 10.6. The lowest BCUT2D eigenvalue weighted by Crippen LogP contribution is -2.52. The number of nitrogens with zero attached hydrogens (tertiary/aromatic N) is 2. The van der Waals surface area contributed by atoms with Crippen molar-refractivity contribution in [2.45, 2.75) is 97.9 Å². The smallest absolute Gasteiger partial charge is 0.407 e. The first-order chi connectivity index (χ1) is 17.5. The van der Waals surface area contributed by atoms with Gasteiger partial charge in [-0.25, -0.2) is 4.79 Å². The number of nitrogens with one attached hydrogen (secondary N) is 3. The minimum atomic E-state index is -0.559. The number of hydrogen-bond acceptors (Lipinski definition) is 6. The molecule has 0 spiro atoms. The largest absolute Gasteiger partial charge is 0.444 e. The van der Waals surface area contributed by atoms with Crippen molar-refractivity contribution in [2.24, 2.45) is 0 Å². The van der Waals surface area contributed by atoms with Crippen LogP contribution >= 0.6 is 11.6 Å². The number of carbonyl (C=O) groups excluding carboxylic acids is 2. The van der Waals surface area contributed by atoms with Crippen LogP contribution in [0.25, 0.3) is 0 Å². The third-order valence-corrected chi connectivity index (χ3v) is 6.53. The van der Waals surface area contributed by atoms with Crippen LogP contribution in [0.4, 0.5) is 4.79 Å². The predicted molar refractivity (Wildman–Crippen MR) is 150 cm³/mol. The van der Waals surface area contributed by atoms with Crippen LogP contribution in [0.3, 0.4) is 0 Å². The number of alkyl halides is 1. The molecule has 1 unspecified atom stereocenters. The van der Waals surface area contributed by atoms with E-state index in [0.29, 0.717) is 24.5 Å². The Balaban J connectivity index is 2.28. The van der Waals surface area contributed by atoms with Gasteiger partial charge in [0.25, 0.3) is 5.91 Å². The summed E-state index contributed by atoms with van der Waals surface area (Å²) in [5.74, 6) is 0.356. The van der Waals surface area contributed by atoms with Crippen molar-refractivity contribution in [1.29, 1.82) is 0 Å². The molecule has 0 aromatic rings. The standard InChI is InChI=1S/C28H46ClN5O3/c1-8-11-14-20(17-29)15-16-23-24-26(35)31-22(13-10-3)19-34(24)33(7)25(23)30-18-21(12-9-2)32-27(36)37-28(4,5)6/h8,11,14,19,21,25,30H,9-10,12-13,15-18H2,1-7H3,(H,31,35)(H,32,36)/b11-8-,20-14-/t21-,25?/m1/s1. The second kappa shape index (κ2) is 14.6. The van der Waals surface area contributed by atoms with Crippen molar-refractivity contribution in [2.75, 3.05) is 19.5 Å². The van der Waals surface area contributed by atoms with E-state index in [-0.39, 0.29) is 18.1 Å². The molecule has 2 rings (SSSR count). The summed E-state index contributed by atoms with van der Waals surface area (Å²) in [5.41, 5.74) is 3.13. The molecule has 0 aliphatic carbocycles. The van der Waals surface area contributed by atoms with Crippen molar-refractivity contribution in [1.82, 2.24) is 26.0 Å². The van der Waals surface area contributed by atoms with Gasteiger partial charge in [-0.05, 0) is 59.0 Å². The van der Waals surface area contributed by atoms with E-state index >= 15 is 0 Å². The van der Waals surface area contributed by atoms with Crippen molar-refractivity contribution in [3.63, 3.8) is 0 Å². The Labute approximate surface area is 228 Å². The lowest BCUT2D eigenvalue weighted by Gasteiger charge is -2.33. The molecule has 2 aliphatic rings. The molecular weight excluding hydrogens is 490 g/mol. The highest BCUT2D eigenvalue weighted by Crippen LogP contribution is 2.34. The summed E-state index contributed by atoms with van der Waals surface area (Å²) in [7, 11) is 1.98. The highest BCUT2D eigenvalue weighted by molar-refractivity contribution is 6.19. The minimum Gasteiger partial charge on any atom is -0.444 e. The summed E-state index contributed by atoms with van der Waals surface area (Å²) in [5, 5.41) is 13.7. The monoisotopic (exact) mass is 535 g/mol. The quantitative estimate of drug-likeness (QED) is 0.219. The first kappa shape index (κ1) is 30.9. The fourth-order valence-electron chi connectivity index (χ4n) is 4.51. The highest BCUT2D eigenvalue weighted by atomic mass is 35.5. The fourth-order valence-corrected chi connectivity index (χ4v) is 4.73. The fraction of sp³-hybridized carbons (Fsp3) is 0.643. The van der Waals surface area contributed by atoms with Gasteiger partial charge in [0.15, 0.2) is 0 Å². The third-order valence-electron chi connectivity index (χ3n) is 6.19. The summed E-state index contributed by atoms with van der Waals surface area (Å²) in [6.45, 7) is 12.3. The maximum atomic E-state index is 13.2. The summed E-state index contributed by atoms with van der Waals surface area (Å²) in [6.07, 6.45) is 12.3. The van der Waals surface area contributed by atoms with Gasteiger partial charge in [0.2, 0.25) is 0 Å². The third kappa shape index (κ3) is 9.20. The number of amides is 2. The summed E-state index contributed by atoms with van der Waals surface area (Å²) in [4.78, 5) is 25.7. The van der Waals surface area contributed by atoms with Gasteiger partial charge in [-0.3, -0.25) is 15.1 Å². The summed E-state index contributed by atoms with van der Waals surface area (Å²) < 4.78 is 5.47. The molecule has 2 amide bonds. The van der Waals surface area contributed by atoms with Gasteiger partial charge in [-0.1, -0.05) is 50.5 Å². The van der Waals surface area contributed by atoms with Crippen molar-refractivity contribution in [3.8, 4) is 0 Å². The number of fused-ring (bicyclic) bond motifs is 1. The van der Waals surface area contributed by atoms with E-state index in [0.717, 1.165) is 48.9 Å². The normalized spacial score (nSPS) is 19.7. The van der Waals surface area contributed by atoms with E-state index in [1.54, 1.807) is 0 Å². The number of hydrogen-bond donors (Lipinski definition) is 3. The molecule has 0 saturated heterocycles. The molecule has 208 valence electrons. The van der Waals surface area contributed by atoms with Crippen LogP contribution in [0.1, 0.15) is 80.1 Å². The van der Waals surface area contributed by atoms with E-state index in [4.69, 9.17) is 16.3 Å². The first-order valence-electron chi connectivity index (χ1n) is 13.4. The van der Waals surface area contributed by atoms with Crippen LogP contribution in [-0.4, -0.2) is 59.3 Å². The molecule has 0 bridgehead atoms. The zero-order chi connectivity index (χ0) is 27.6. The van der Waals surface area contributed by atoms with Gasteiger partial charge in [0, 0.05) is 37.4 Å². The van der Waals surface area contributed by atoms with E-state index in [9.17, 15) is 9.59 Å². The lowest BCUT2D eigenvalue weighted by atomic mass is 10.0.